The van der Waals surface area contributed by atoms with Gasteiger partial charge in [-0.3, -0.25) is 9.69 Å². The molecular formula is C26H34FN3O9. The summed E-state index contributed by atoms with van der Waals surface area (Å²) in [5, 5.41) is 48.6. The van der Waals surface area contributed by atoms with Crippen molar-refractivity contribution in [1.82, 2.24) is 9.47 Å². The molecule has 0 spiro atoms. The van der Waals surface area contributed by atoms with Gasteiger partial charge in [0.15, 0.2) is 6.29 Å². The fraction of sp³-hybridized carbons (Fsp3) is 0.615. The minimum absolute atomic E-state index is 0.0705. The van der Waals surface area contributed by atoms with Gasteiger partial charge in [0.2, 0.25) is 5.43 Å². The first-order valence-electron chi connectivity index (χ1n) is 13.2. The number of carboxylic acid groups (broad SMARTS) is 1. The van der Waals surface area contributed by atoms with Crippen LogP contribution in [0.2, 0.25) is 0 Å². The summed E-state index contributed by atoms with van der Waals surface area (Å²) in [6.07, 6.45) is -2.81. The summed E-state index contributed by atoms with van der Waals surface area (Å²) in [7, 11) is 0. The summed E-state index contributed by atoms with van der Waals surface area (Å²) in [6.45, 7) is 2.79. The quantitative estimate of drug-likeness (QED) is 0.255. The van der Waals surface area contributed by atoms with Gasteiger partial charge in [-0.05, 0) is 31.4 Å². The number of benzene rings is 1. The largest absolute Gasteiger partial charge is 0.477 e. The number of aliphatic hydroxyl groups is 4. The van der Waals surface area contributed by atoms with Crippen LogP contribution >= 0.6 is 0 Å². The highest BCUT2D eigenvalue weighted by atomic mass is 19.1. The summed E-state index contributed by atoms with van der Waals surface area (Å²) >= 11 is 0. The highest BCUT2D eigenvalue weighted by Crippen LogP contribution is 2.38. The Bertz CT molecular complexity index is 1260. The summed E-state index contributed by atoms with van der Waals surface area (Å²) in [6, 6.07) is 2.91. The molecule has 2 saturated heterocycles. The average Bonchev–Trinajstić information content (AvgIpc) is 3.77. The molecule has 0 radical (unpaired) electrons. The molecule has 1 aromatic heterocycles. The van der Waals surface area contributed by atoms with Crippen molar-refractivity contribution in [2.24, 2.45) is 0 Å². The molecule has 39 heavy (non-hydrogen) atoms. The Hall–Kier alpha value is -2.65. The number of fused-ring (bicyclic) bond motifs is 1. The molecule has 0 unspecified atom stereocenters. The standard InChI is InChI=1S/C26H34FN3O9/c27-17-10-15-18(30(14-2-3-14)12-16(21(15)32)25(36)37)11-19(17)29-7-5-28(6-8-29)4-1-9-38-26-24(35)23(34)22(33)20(13-31)39-26/h10-12,14,20,22-24,26,31,33-35H,1-9,13H2,(H,36,37)/t20-,22-,23-,24-,26+/m0/s1. The Kier molecular flexibility index (Phi) is 8.19. The molecule has 2 aromatic rings. The number of carbonyl (C=O) groups is 1. The van der Waals surface area contributed by atoms with Crippen LogP contribution in [0.4, 0.5) is 10.1 Å². The van der Waals surface area contributed by atoms with E-state index in [0.717, 1.165) is 18.9 Å². The van der Waals surface area contributed by atoms with Crippen LogP contribution in [0.1, 0.15) is 35.7 Å². The van der Waals surface area contributed by atoms with Gasteiger partial charge in [-0.1, -0.05) is 0 Å². The van der Waals surface area contributed by atoms with E-state index in [1.54, 1.807) is 10.6 Å². The highest BCUT2D eigenvalue weighted by molar-refractivity contribution is 5.93. The number of aliphatic hydroxyl groups excluding tert-OH is 4. The van der Waals surface area contributed by atoms with Crippen molar-refractivity contribution in [3.05, 3.63) is 39.9 Å². The lowest BCUT2D eigenvalue weighted by molar-refractivity contribution is -0.301. The van der Waals surface area contributed by atoms with Crippen LogP contribution in [0.3, 0.4) is 0 Å². The maximum absolute atomic E-state index is 15.2. The number of aromatic nitrogens is 1. The van der Waals surface area contributed by atoms with E-state index in [9.17, 15) is 35.1 Å². The molecule has 13 heteroatoms. The van der Waals surface area contributed by atoms with Crippen molar-refractivity contribution in [3.8, 4) is 0 Å². The fourth-order valence-corrected chi connectivity index (χ4v) is 5.31. The van der Waals surface area contributed by atoms with Crippen molar-refractivity contribution < 1.29 is 44.2 Å². The minimum Gasteiger partial charge on any atom is -0.477 e. The number of aromatic carboxylic acids is 1. The zero-order valence-electron chi connectivity index (χ0n) is 21.4. The maximum atomic E-state index is 15.2. The second-order valence-electron chi connectivity index (χ2n) is 10.4. The average molecular weight is 552 g/mol. The number of hydrogen-bond acceptors (Lipinski definition) is 10. The van der Waals surface area contributed by atoms with Gasteiger partial charge < -0.3 is 44.5 Å². The van der Waals surface area contributed by atoms with E-state index >= 15 is 4.39 Å². The lowest BCUT2D eigenvalue weighted by Gasteiger charge is -2.39. The van der Waals surface area contributed by atoms with Gasteiger partial charge in [0.25, 0.3) is 0 Å². The van der Waals surface area contributed by atoms with E-state index in [4.69, 9.17) is 9.47 Å². The molecule has 3 heterocycles. The fourth-order valence-electron chi connectivity index (χ4n) is 5.31. The molecule has 0 bridgehead atoms. The zero-order valence-corrected chi connectivity index (χ0v) is 21.4. The Labute approximate surface area is 223 Å². The number of halogens is 1. The van der Waals surface area contributed by atoms with Crippen LogP contribution in [0.5, 0.6) is 0 Å². The first kappa shape index (κ1) is 27.9. The van der Waals surface area contributed by atoms with Gasteiger partial charge >= 0.3 is 5.97 Å². The first-order chi connectivity index (χ1) is 18.7. The number of pyridine rings is 1. The lowest BCUT2D eigenvalue weighted by Crippen LogP contribution is -2.59. The molecule has 1 aliphatic carbocycles. The molecule has 1 saturated carbocycles. The normalized spacial score (nSPS) is 28.2. The molecule has 5 atom stereocenters. The van der Waals surface area contributed by atoms with Crippen molar-refractivity contribution in [2.75, 3.05) is 50.8 Å². The summed E-state index contributed by atoms with van der Waals surface area (Å²) < 4.78 is 27.9. The molecular weight excluding hydrogens is 517 g/mol. The number of piperazine rings is 1. The van der Waals surface area contributed by atoms with Gasteiger partial charge in [-0.2, -0.15) is 0 Å². The number of hydrogen-bond donors (Lipinski definition) is 5. The van der Waals surface area contributed by atoms with Crippen LogP contribution < -0.4 is 10.3 Å². The number of carboxylic acids is 1. The number of rotatable bonds is 9. The predicted octanol–water partition coefficient (Wildman–Crippen LogP) is -0.498. The first-order valence-corrected chi connectivity index (χ1v) is 13.2. The second-order valence-corrected chi connectivity index (χ2v) is 10.4. The summed E-state index contributed by atoms with van der Waals surface area (Å²) in [5.74, 6) is -1.89. The minimum atomic E-state index is -1.48. The summed E-state index contributed by atoms with van der Waals surface area (Å²) in [5.41, 5.74) is -0.122. The molecule has 5 rings (SSSR count). The van der Waals surface area contributed by atoms with E-state index in [-0.39, 0.29) is 23.6 Å². The molecule has 0 amide bonds. The van der Waals surface area contributed by atoms with Crippen LogP contribution in [-0.2, 0) is 9.47 Å². The third kappa shape index (κ3) is 5.66. The van der Waals surface area contributed by atoms with Crippen molar-refractivity contribution in [1.29, 1.82) is 0 Å². The van der Waals surface area contributed by atoms with Crippen LogP contribution in [0.25, 0.3) is 10.9 Å². The van der Waals surface area contributed by atoms with Crippen molar-refractivity contribution in [2.45, 2.75) is 56.0 Å². The van der Waals surface area contributed by atoms with Gasteiger partial charge in [0, 0.05) is 50.3 Å². The Morgan fingerprint density at radius 2 is 1.79 bits per heavy atom. The Balaban J connectivity index is 1.18. The van der Waals surface area contributed by atoms with Gasteiger partial charge in [-0.25, -0.2) is 9.18 Å². The monoisotopic (exact) mass is 551 g/mol. The Morgan fingerprint density at radius 3 is 2.44 bits per heavy atom. The maximum Gasteiger partial charge on any atom is 0.341 e. The van der Waals surface area contributed by atoms with E-state index in [0.29, 0.717) is 50.3 Å². The van der Waals surface area contributed by atoms with E-state index in [2.05, 4.69) is 4.90 Å². The third-order valence-corrected chi connectivity index (χ3v) is 7.73. The Morgan fingerprint density at radius 1 is 1.08 bits per heavy atom. The van der Waals surface area contributed by atoms with E-state index in [1.807, 2.05) is 4.90 Å². The molecule has 12 nitrogen and oxygen atoms in total. The number of ether oxygens (including phenoxy) is 2. The highest BCUT2D eigenvalue weighted by Gasteiger charge is 2.44. The number of nitrogens with zero attached hydrogens (tertiary/aromatic N) is 3. The SMILES string of the molecule is O=C(O)c1cn(C2CC2)c2cc(N3CCN(CCCO[C@@H]4O[C@@H](CO)[C@H](O)[C@H](O)[C@@H]4O)CC3)c(F)cc2c1=O. The number of anilines is 1. The zero-order chi connectivity index (χ0) is 27.8. The van der Waals surface area contributed by atoms with Crippen LogP contribution in [-0.4, -0.2) is 118 Å². The van der Waals surface area contributed by atoms with Crippen LogP contribution in [0.15, 0.2) is 23.1 Å². The molecule has 1 aromatic carbocycles. The second kappa shape index (κ2) is 11.5. The molecule has 2 aliphatic heterocycles. The molecule has 5 N–H and O–H groups in total. The van der Waals surface area contributed by atoms with E-state index < -0.39 is 54.5 Å². The molecule has 3 aliphatic rings. The molecule has 214 valence electrons. The van der Waals surface area contributed by atoms with Gasteiger partial charge in [0.05, 0.1) is 24.4 Å². The van der Waals surface area contributed by atoms with E-state index in [1.165, 1.54) is 6.20 Å². The predicted molar refractivity (Wildman–Crippen MR) is 136 cm³/mol. The van der Waals surface area contributed by atoms with Gasteiger partial charge in [0.1, 0.15) is 35.8 Å². The van der Waals surface area contributed by atoms with Crippen LogP contribution in [0, 0.1) is 5.82 Å². The van der Waals surface area contributed by atoms with Gasteiger partial charge in [-0.15, -0.1) is 0 Å². The third-order valence-electron chi connectivity index (χ3n) is 7.73. The van der Waals surface area contributed by atoms with Crippen molar-refractivity contribution >= 4 is 22.6 Å². The topological polar surface area (TPSA) is 165 Å². The molecule has 3 fully saturated rings. The smallest absolute Gasteiger partial charge is 0.341 e. The lowest BCUT2D eigenvalue weighted by atomic mass is 9.99. The van der Waals surface area contributed by atoms with Crippen molar-refractivity contribution in [3.63, 3.8) is 0 Å². The summed E-state index contributed by atoms with van der Waals surface area (Å²) in [4.78, 5) is 28.4.